The summed E-state index contributed by atoms with van der Waals surface area (Å²) in [7, 11) is 0. The molecule has 0 saturated carbocycles. The van der Waals surface area contributed by atoms with Crippen LogP contribution in [-0.4, -0.2) is 0 Å². The first-order chi connectivity index (χ1) is 22.6. The summed E-state index contributed by atoms with van der Waals surface area (Å²) >= 11 is 0. The minimum Gasteiger partial charge on any atom is -0.464 e. The second-order valence-corrected chi connectivity index (χ2v) is 11.0. The summed E-state index contributed by atoms with van der Waals surface area (Å²) in [6.45, 7) is 10.6. The van der Waals surface area contributed by atoms with Gasteiger partial charge in [0.15, 0.2) is 0 Å². The average Bonchev–Trinajstić information content (AvgIpc) is 3.08. The lowest BCUT2D eigenvalue weighted by molar-refractivity contribution is 0.481. The molecule has 224 valence electrons. The summed E-state index contributed by atoms with van der Waals surface area (Å²) in [5.41, 5.74) is 12.3. The molecule has 1 aliphatic rings. The fourth-order valence-corrected chi connectivity index (χ4v) is 5.35. The van der Waals surface area contributed by atoms with E-state index in [2.05, 4.69) is 109 Å². The second-order valence-electron chi connectivity index (χ2n) is 11.0. The number of allylic oxidation sites excluding steroid dienone is 9. The maximum absolute atomic E-state index is 6.01. The van der Waals surface area contributed by atoms with Gasteiger partial charge in [-0.25, -0.2) is 0 Å². The van der Waals surface area contributed by atoms with Crippen molar-refractivity contribution >= 4 is 33.9 Å². The van der Waals surface area contributed by atoms with Crippen molar-refractivity contribution in [3.8, 4) is 28.0 Å². The van der Waals surface area contributed by atoms with Gasteiger partial charge in [0.2, 0.25) is 0 Å². The summed E-state index contributed by atoms with van der Waals surface area (Å²) in [5.74, 6) is 0.814. The fraction of sp³-hybridized carbons (Fsp3) is 0.0233. The van der Waals surface area contributed by atoms with Gasteiger partial charge in [0.05, 0.1) is 6.26 Å². The van der Waals surface area contributed by atoms with Gasteiger partial charge in [0, 0.05) is 39.4 Å². The molecule has 0 radical (unpaired) electrons. The quantitative estimate of drug-likeness (QED) is 0.166. The van der Waals surface area contributed by atoms with E-state index in [1.807, 2.05) is 79.8 Å². The van der Waals surface area contributed by atoms with Crippen molar-refractivity contribution in [1.29, 1.82) is 0 Å². The maximum atomic E-state index is 6.01. The zero-order valence-corrected chi connectivity index (χ0v) is 25.9. The Hall–Kier alpha value is -6.06. The van der Waals surface area contributed by atoms with Crippen LogP contribution in [0.4, 0.5) is 22.7 Å². The molecule has 46 heavy (non-hydrogen) atoms. The fourth-order valence-electron chi connectivity index (χ4n) is 5.35. The van der Waals surface area contributed by atoms with Gasteiger partial charge >= 0.3 is 0 Å². The molecule has 3 heteroatoms. The number of anilines is 4. The molecule has 0 amide bonds. The lowest BCUT2D eigenvalue weighted by Gasteiger charge is -2.16. The third-order valence-corrected chi connectivity index (χ3v) is 7.76. The highest BCUT2D eigenvalue weighted by Crippen LogP contribution is 2.38. The Morgan fingerprint density at radius 1 is 0.652 bits per heavy atom. The SMILES string of the molecule is C=C(/C=C\C=C/C)c1cc(-c2ccc(Nc3ccc(-c4cccc5c4O/C=C\C=C/C5=C)cc3)cc2)ccc1Nc1ccccc1. The molecule has 0 spiro atoms. The van der Waals surface area contributed by atoms with E-state index in [-0.39, 0.29) is 0 Å². The normalized spacial score (nSPS) is 13.8. The van der Waals surface area contributed by atoms with Crippen LogP contribution in [0.25, 0.3) is 33.4 Å². The van der Waals surface area contributed by atoms with Crippen molar-refractivity contribution in [2.24, 2.45) is 0 Å². The van der Waals surface area contributed by atoms with Gasteiger partial charge in [-0.3, -0.25) is 0 Å². The molecule has 0 unspecified atom stereocenters. The predicted molar refractivity (Wildman–Crippen MR) is 198 cm³/mol. The minimum absolute atomic E-state index is 0.814. The summed E-state index contributed by atoms with van der Waals surface area (Å²) in [6, 6.07) is 39.8. The van der Waals surface area contributed by atoms with E-state index < -0.39 is 0 Å². The van der Waals surface area contributed by atoms with Crippen LogP contribution in [0.3, 0.4) is 0 Å². The standard InChI is InChI=1S/C43H36N2O/c1-4-5-7-13-32(3)41-30-35(23-28-42(41)45-36-15-8-6-9-16-36)33-19-24-37(25-20-33)44-38-26-21-34(22-27-38)40-18-12-17-39-31(2)14-10-11-29-46-43(39)40/h4-30,44-45H,2-3H2,1H3/b5-4-,13-7-,14-10-,29-11-. The van der Waals surface area contributed by atoms with Crippen molar-refractivity contribution in [3.05, 3.63) is 188 Å². The van der Waals surface area contributed by atoms with E-state index in [0.29, 0.717) is 0 Å². The van der Waals surface area contributed by atoms with Gasteiger partial charge in [-0.15, -0.1) is 0 Å². The molecule has 0 fully saturated rings. The van der Waals surface area contributed by atoms with Crippen molar-refractivity contribution < 1.29 is 4.74 Å². The molecule has 0 bridgehead atoms. The summed E-state index contributed by atoms with van der Waals surface area (Å²) in [4.78, 5) is 0. The Kier molecular flexibility index (Phi) is 9.22. The Morgan fingerprint density at radius 3 is 2.07 bits per heavy atom. The van der Waals surface area contributed by atoms with Crippen molar-refractivity contribution in [1.82, 2.24) is 0 Å². The van der Waals surface area contributed by atoms with Crippen LogP contribution in [0.15, 0.2) is 177 Å². The number of fused-ring (bicyclic) bond motifs is 1. The van der Waals surface area contributed by atoms with Gasteiger partial charge in [0.25, 0.3) is 0 Å². The third kappa shape index (κ3) is 7.01. The van der Waals surface area contributed by atoms with Crippen LogP contribution in [0.2, 0.25) is 0 Å². The van der Waals surface area contributed by atoms with Gasteiger partial charge in [-0.2, -0.15) is 0 Å². The lowest BCUT2D eigenvalue weighted by atomic mass is 9.97. The monoisotopic (exact) mass is 596 g/mol. The second kappa shape index (κ2) is 14.1. The molecule has 0 atom stereocenters. The molecular formula is C43H36N2O. The first kappa shape index (κ1) is 30.0. The molecule has 0 saturated heterocycles. The number of nitrogens with one attached hydrogen (secondary N) is 2. The van der Waals surface area contributed by atoms with E-state index >= 15 is 0 Å². The Bertz CT molecular complexity index is 1980. The predicted octanol–water partition coefficient (Wildman–Crippen LogP) is 12.1. The van der Waals surface area contributed by atoms with Gasteiger partial charge in [0.1, 0.15) is 5.75 Å². The van der Waals surface area contributed by atoms with Gasteiger partial charge in [-0.05, 0) is 89.4 Å². The average molecular weight is 597 g/mol. The molecule has 3 nitrogen and oxygen atoms in total. The van der Waals surface area contributed by atoms with Crippen LogP contribution in [0, 0.1) is 0 Å². The first-order valence-electron chi connectivity index (χ1n) is 15.3. The van der Waals surface area contributed by atoms with Crippen molar-refractivity contribution in [3.63, 3.8) is 0 Å². The minimum atomic E-state index is 0.814. The number of hydrogen-bond donors (Lipinski definition) is 2. The van der Waals surface area contributed by atoms with E-state index in [0.717, 1.165) is 73.0 Å². The molecular weight excluding hydrogens is 560 g/mol. The molecule has 1 aliphatic heterocycles. The smallest absolute Gasteiger partial charge is 0.142 e. The van der Waals surface area contributed by atoms with E-state index in [1.165, 1.54) is 0 Å². The molecule has 0 aliphatic carbocycles. The Balaban J connectivity index is 1.20. The van der Waals surface area contributed by atoms with Crippen LogP contribution >= 0.6 is 0 Å². The Morgan fingerprint density at radius 2 is 1.33 bits per heavy atom. The number of ether oxygens (including phenoxy) is 1. The summed E-state index contributed by atoms with van der Waals surface area (Å²) in [5, 5.41) is 7.09. The molecule has 2 N–H and O–H groups in total. The summed E-state index contributed by atoms with van der Waals surface area (Å²) in [6.07, 6.45) is 15.6. The van der Waals surface area contributed by atoms with Crippen LogP contribution in [0.5, 0.6) is 5.75 Å². The molecule has 5 aromatic carbocycles. The zero-order chi connectivity index (χ0) is 31.7. The molecule has 1 heterocycles. The molecule has 0 aromatic heterocycles. The number of benzene rings is 5. The van der Waals surface area contributed by atoms with Crippen LogP contribution in [-0.2, 0) is 0 Å². The van der Waals surface area contributed by atoms with Crippen molar-refractivity contribution in [2.45, 2.75) is 6.92 Å². The third-order valence-electron chi connectivity index (χ3n) is 7.76. The first-order valence-corrected chi connectivity index (χ1v) is 15.3. The van der Waals surface area contributed by atoms with Gasteiger partial charge in [-0.1, -0.05) is 116 Å². The Labute approximate surface area is 271 Å². The highest BCUT2D eigenvalue weighted by Gasteiger charge is 2.14. The lowest BCUT2D eigenvalue weighted by Crippen LogP contribution is -1.96. The molecule has 6 rings (SSSR count). The highest BCUT2D eigenvalue weighted by atomic mass is 16.5. The largest absolute Gasteiger partial charge is 0.464 e. The number of rotatable bonds is 9. The summed E-state index contributed by atoms with van der Waals surface area (Å²) < 4.78 is 6.01. The number of para-hydroxylation sites is 2. The van der Waals surface area contributed by atoms with E-state index in [1.54, 1.807) is 6.26 Å². The van der Waals surface area contributed by atoms with E-state index in [9.17, 15) is 0 Å². The zero-order valence-electron chi connectivity index (χ0n) is 25.9. The van der Waals surface area contributed by atoms with Crippen molar-refractivity contribution in [2.75, 3.05) is 10.6 Å². The highest BCUT2D eigenvalue weighted by molar-refractivity contribution is 5.87. The van der Waals surface area contributed by atoms with Crippen LogP contribution < -0.4 is 15.4 Å². The number of hydrogen-bond acceptors (Lipinski definition) is 3. The maximum Gasteiger partial charge on any atom is 0.142 e. The molecule has 5 aromatic rings. The van der Waals surface area contributed by atoms with Crippen LogP contribution in [0.1, 0.15) is 18.1 Å². The van der Waals surface area contributed by atoms with Gasteiger partial charge < -0.3 is 15.4 Å². The van der Waals surface area contributed by atoms with E-state index in [4.69, 9.17) is 4.74 Å². The topological polar surface area (TPSA) is 33.3 Å².